The van der Waals surface area contributed by atoms with Crippen molar-refractivity contribution in [3.8, 4) is 22.3 Å². The minimum atomic E-state index is -0.311. The molecule has 8 nitrogen and oxygen atoms in total. The number of aryl methyl sites for hydroxylation is 1. The number of pyridine rings is 2. The fourth-order valence-corrected chi connectivity index (χ4v) is 5.31. The van der Waals surface area contributed by atoms with Crippen LogP contribution in [0, 0.1) is 5.82 Å². The molecule has 0 unspecified atom stereocenters. The van der Waals surface area contributed by atoms with Gasteiger partial charge in [-0.15, -0.1) is 0 Å². The highest BCUT2D eigenvalue weighted by Crippen LogP contribution is 2.32. The predicted molar refractivity (Wildman–Crippen MR) is 158 cm³/mol. The molecule has 1 aliphatic heterocycles. The van der Waals surface area contributed by atoms with Crippen LogP contribution in [0.4, 0.5) is 21.7 Å². The molecule has 4 heterocycles. The smallest absolute Gasteiger partial charge is 0.260 e. The molecule has 1 aliphatic rings. The number of piperazine rings is 1. The number of anilines is 3. The number of benzene rings is 2. The molecule has 0 spiro atoms. The molecular weight excluding hydrogens is 529 g/mol. The van der Waals surface area contributed by atoms with Gasteiger partial charge in [-0.1, -0.05) is 29.8 Å². The van der Waals surface area contributed by atoms with Crippen LogP contribution in [-0.2, 0) is 6.54 Å². The maximum absolute atomic E-state index is 14.9. The Morgan fingerprint density at radius 2 is 1.88 bits per heavy atom. The summed E-state index contributed by atoms with van der Waals surface area (Å²) in [4.78, 5) is 28.8. The average Bonchev–Trinajstić information content (AvgIpc) is 2.98. The molecule has 5 aromatic rings. The molecule has 1 fully saturated rings. The number of hydrogen-bond acceptors (Lipinski definition) is 7. The van der Waals surface area contributed by atoms with E-state index >= 15 is 0 Å². The van der Waals surface area contributed by atoms with Gasteiger partial charge >= 0.3 is 0 Å². The van der Waals surface area contributed by atoms with E-state index in [4.69, 9.17) is 11.6 Å². The van der Waals surface area contributed by atoms with Crippen LogP contribution < -0.4 is 21.1 Å². The first kappa shape index (κ1) is 25.9. The lowest BCUT2D eigenvalue weighted by Crippen LogP contribution is -2.43. The van der Waals surface area contributed by atoms with Crippen LogP contribution in [-0.4, -0.2) is 45.7 Å². The quantitative estimate of drug-likeness (QED) is 0.286. The van der Waals surface area contributed by atoms with Crippen LogP contribution in [0.2, 0.25) is 5.02 Å². The Balaban J connectivity index is 1.32. The molecule has 3 aromatic heterocycles. The van der Waals surface area contributed by atoms with Crippen molar-refractivity contribution in [1.29, 1.82) is 0 Å². The summed E-state index contributed by atoms with van der Waals surface area (Å²) in [6.45, 7) is 5.46. The Morgan fingerprint density at radius 1 is 1.02 bits per heavy atom. The zero-order chi connectivity index (χ0) is 27.6. The van der Waals surface area contributed by atoms with Crippen LogP contribution in [0.15, 0.2) is 78.0 Å². The number of hydrogen-bond donors (Lipinski definition) is 2. The lowest BCUT2D eigenvalue weighted by Gasteiger charge is -2.29. The monoisotopic (exact) mass is 555 g/mol. The Labute approximate surface area is 235 Å². The number of rotatable bonds is 6. The highest BCUT2D eigenvalue weighted by molar-refractivity contribution is 6.33. The van der Waals surface area contributed by atoms with Crippen LogP contribution in [0.25, 0.3) is 33.3 Å². The Hall–Kier alpha value is -4.34. The normalized spacial score (nSPS) is 13.5. The fraction of sp³-hybridized carbons (Fsp3) is 0.200. The first-order valence-corrected chi connectivity index (χ1v) is 13.5. The Morgan fingerprint density at radius 3 is 2.60 bits per heavy atom. The molecule has 40 heavy (non-hydrogen) atoms. The van der Waals surface area contributed by atoms with Crippen LogP contribution >= 0.6 is 11.6 Å². The first-order valence-electron chi connectivity index (χ1n) is 13.1. The van der Waals surface area contributed by atoms with Crippen molar-refractivity contribution in [2.24, 2.45) is 0 Å². The Bertz CT molecular complexity index is 1750. The second-order valence-electron chi connectivity index (χ2n) is 9.54. The predicted octanol–water partition coefficient (Wildman–Crippen LogP) is 5.49. The zero-order valence-electron chi connectivity index (χ0n) is 21.9. The van der Waals surface area contributed by atoms with Gasteiger partial charge in [-0.05, 0) is 48.9 Å². The van der Waals surface area contributed by atoms with Crippen molar-refractivity contribution in [1.82, 2.24) is 24.8 Å². The van der Waals surface area contributed by atoms with Gasteiger partial charge in [-0.25, -0.2) is 9.37 Å². The highest BCUT2D eigenvalue weighted by Gasteiger charge is 2.17. The molecule has 0 radical (unpaired) electrons. The van der Waals surface area contributed by atoms with Crippen LogP contribution in [0.5, 0.6) is 0 Å². The molecule has 0 bridgehead atoms. The van der Waals surface area contributed by atoms with Crippen molar-refractivity contribution in [2.75, 3.05) is 36.4 Å². The number of fused-ring (bicyclic) bond motifs is 1. The maximum Gasteiger partial charge on any atom is 0.260 e. The second kappa shape index (κ2) is 11.0. The standard InChI is InChI=1S/C30H27ClFN7O/c1-2-39-28-21(14-24(29(39)40)23-7-5-19(15-25(23)31)20-4-3-9-34-17-20)18-35-30(37-28)36-22-6-8-27(26(32)16-22)38-12-10-33-11-13-38/h3-9,14-18,33H,2,10-13H2,1H3,(H,35,36,37). The largest absolute Gasteiger partial charge is 0.367 e. The molecule has 10 heteroatoms. The number of halogens is 2. The van der Waals surface area contributed by atoms with Gasteiger partial charge in [0, 0.05) is 84.1 Å². The molecule has 6 rings (SSSR count). The van der Waals surface area contributed by atoms with E-state index in [2.05, 4.69) is 25.6 Å². The van der Waals surface area contributed by atoms with Gasteiger partial charge in [0.05, 0.1) is 5.69 Å². The topological polar surface area (TPSA) is 88.0 Å². The van der Waals surface area contributed by atoms with Crippen LogP contribution in [0.3, 0.4) is 0 Å². The summed E-state index contributed by atoms with van der Waals surface area (Å²) in [6.07, 6.45) is 5.14. The van der Waals surface area contributed by atoms with E-state index in [1.165, 1.54) is 6.07 Å². The van der Waals surface area contributed by atoms with Gasteiger partial charge < -0.3 is 15.5 Å². The maximum atomic E-state index is 14.9. The van der Waals surface area contributed by atoms with E-state index in [0.29, 0.717) is 45.1 Å². The lowest BCUT2D eigenvalue weighted by atomic mass is 10.0. The number of nitrogens with one attached hydrogen (secondary N) is 2. The van der Waals surface area contributed by atoms with Crippen molar-refractivity contribution in [3.63, 3.8) is 0 Å². The highest BCUT2D eigenvalue weighted by atomic mass is 35.5. The minimum absolute atomic E-state index is 0.206. The van der Waals surface area contributed by atoms with E-state index in [1.807, 2.05) is 42.2 Å². The molecule has 0 saturated carbocycles. The van der Waals surface area contributed by atoms with E-state index < -0.39 is 0 Å². The van der Waals surface area contributed by atoms with Gasteiger partial charge in [0.1, 0.15) is 11.5 Å². The zero-order valence-corrected chi connectivity index (χ0v) is 22.6. The molecule has 1 saturated heterocycles. The van der Waals surface area contributed by atoms with Crippen molar-refractivity contribution >= 4 is 40.0 Å². The molecule has 0 atom stereocenters. The van der Waals surface area contributed by atoms with Gasteiger partial charge in [0.15, 0.2) is 0 Å². The number of aromatic nitrogens is 4. The minimum Gasteiger partial charge on any atom is -0.367 e. The molecule has 2 N–H and O–H groups in total. The summed E-state index contributed by atoms with van der Waals surface area (Å²) in [5.41, 5.74) is 4.32. The third-order valence-electron chi connectivity index (χ3n) is 7.06. The summed E-state index contributed by atoms with van der Waals surface area (Å²) >= 11 is 6.67. The first-order chi connectivity index (χ1) is 19.5. The van der Waals surface area contributed by atoms with Crippen molar-refractivity contribution < 1.29 is 4.39 Å². The molecule has 202 valence electrons. The second-order valence-corrected chi connectivity index (χ2v) is 9.95. The number of nitrogens with zero attached hydrogens (tertiary/aromatic N) is 5. The SMILES string of the molecule is CCn1c(=O)c(-c2ccc(-c3cccnc3)cc2Cl)cc2cnc(Nc3ccc(N4CCNCC4)c(F)c3)nc21. The van der Waals surface area contributed by atoms with Gasteiger partial charge in [-0.3, -0.25) is 14.3 Å². The lowest BCUT2D eigenvalue weighted by molar-refractivity contribution is 0.566. The van der Waals surface area contributed by atoms with E-state index in [0.717, 1.165) is 37.3 Å². The average molecular weight is 556 g/mol. The van der Waals surface area contributed by atoms with E-state index in [9.17, 15) is 9.18 Å². The van der Waals surface area contributed by atoms with E-state index in [-0.39, 0.29) is 17.3 Å². The third-order valence-corrected chi connectivity index (χ3v) is 7.37. The summed E-state index contributed by atoms with van der Waals surface area (Å²) in [6, 6.07) is 16.2. The van der Waals surface area contributed by atoms with E-state index in [1.54, 1.807) is 41.4 Å². The summed E-state index contributed by atoms with van der Waals surface area (Å²) < 4.78 is 16.5. The van der Waals surface area contributed by atoms with Gasteiger partial charge in [0.2, 0.25) is 5.95 Å². The van der Waals surface area contributed by atoms with Gasteiger partial charge in [-0.2, -0.15) is 4.98 Å². The Kier molecular flexibility index (Phi) is 7.15. The fourth-order valence-electron chi connectivity index (χ4n) is 5.03. The summed E-state index contributed by atoms with van der Waals surface area (Å²) in [5.74, 6) is -0.0377. The van der Waals surface area contributed by atoms with Crippen molar-refractivity contribution in [3.05, 3.63) is 94.4 Å². The van der Waals surface area contributed by atoms with Crippen LogP contribution in [0.1, 0.15) is 6.92 Å². The third kappa shape index (κ3) is 5.01. The molecular formula is C30H27ClFN7O. The molecule has 0 aliphatic carbocycles. The molecule has 0 amide bonds. The molecule has 2 aromatic carbocycles. The van der Waals surface area contributed by atoms with Crippen molar-refractivity contribution in [2.45, 2.75) is 13.5 Å². The summed E-state index contributed by atoms with van der Waals surface area (Å²) in [7, 11) is 0. The summed E-state index contributed by atoms with van der Waals surface area (Å²) in [5, 5.41) is 7.51. The van der Waals surface area contributed by atoms with Gasteiger partial charge in [0.25, 0.3) is 5.56 Å².